The van der Waals surface area contributed by atoms with E-state index in [0.29, 0.717) is 29.5 Å². The molecule has 2 saturated heterocycles. The molecule has 1 unspecified atom stereocenters. The van der Waals surface area contributed by atoms with Crippen LogP contribution in [0.2, 0.25) is 0 Å². The lowest BCUT2D eigenvalue weighted by Gasteiger charge is -2.36. The Morgan fingerprint density at radius 1 is 1.12 bits per heavy atom. The number of alkyl halides is 2. The average Bonchev–Trinajstić information content (AvgIpc) is 3.27. The van der Waals surface area contributed by atoms with Crippen LogP contribution >= 0.6 is 0 Å². The number of fused-ring (bicyclic) bond motifs is 1. The van der Waals surface area contributed by atoms with Crippen molar-refractivity contribution < 1.29 is 13.6 Å². The molecule has 0 saturated carbocycles. The highest BCUT2D eigenvalue weighted by molar-refractivity contribution is 5.80. The lowest BCUT2D eigenvalue weighted by atomic mass is 9.96. The zero-order valence-corrected chi connectivity index (χ0v) is 17.5. The summed E-state index contributed by atoms with van der Waals surface area (Å²) in [4.78, 5) is 34.0. The summed E-state index contributed by atoms with van der Waals surface area (Å²) in [6.07, 6.45) is 4.87. The van der Waals surface area contributed by atoms with Crippen molar-refractivity contribution in [1.82, 2.24) is 34.6 Å². The number of aromatic nitrogens is 5. The second-order valence-corrected chi connectivity index (χ2v) is 8.08. The van der Waals surface area contributed by atoms with E-state index in [1.54, 1.807) is 12.4 Å². The molecule has 2 aliphatic rings. The first-order chi connectivity index (χ1) is 15.6. The number of nitrogens with one attached hydrogen (secondary N) is 1. The van der Waals surface area contributed by atoms with Gasteiger partial charge in [-0.15, -0.1) is 0 Å². The molecule has 32 heavy (non-hydrogen) atoms. The van der Waals surface area contributed by atoms with Gasteiger partial charge in [0.2, 0.25) is 5.91 Å². The first kappa shape index (κ1) is 20.7. The molecule has 3 aromatic rings. The minimum Gasteiger partial charge on any atom is -0.356 e. The van der Waals surface area contributed by atoms with Crippen molar-refractivity contribution in [2.45, 2.75) is 19.3 Å². The summed E-state index contributed by atoms with van der Waals surface area (Å²) < 4.78 is 27.7. The molecule has 2 aliphatic heterocycles. The van der Waals surface area contributed by atoms with E-state index in [2.05, 4.69) is 30.2 Å². The van der Waals surface area contributed by atoms with Crippen LogP contribution in [0.1, 0.15) is 25.0 Å². The van der Waals surface area contributed by atoms with Crippen LogP contribution in [0.3, 0.4) is 0 Å². The standard InChI is InChI=1S/C21H24F2N8O/c22-19(23)15-13-31-16(10-27-18(31)11-26-15)20-25-4-3-17(28-20)30-7-1-2-14(12-30)21(32)29-8-5-24-6-9-29/h3-4,10-11,13-14,19,24H,1-2,5-9,12H2. The summed E-state index contributed by atoms with van der Waals surface area (Å²) in [6, 6.07) is 1.82. The van der Waals surface area contributed by atoms with Gasteiger partial charge in [-0.3, -0.25) is 9.20 Å². The molecule has 0 spiro atoms. The number of amides is 1. The lowest BCUT2D eigenvalue weighted by molar-refractivity contribution is -0.136. The lowest BCUT2D eigenvalue weighted by Crippen LogP contribution is -2.51. The number of carbonyl (C=O) groups excluding carboxylic acids is 1. The molecule has 11 heteroatoms. The highest BCUT2D eigenvalue weighted by atomic mass is 19.3. The molecule has 0 radical (unpaired) electrons. The van der Waals surface area contributed by atoms with Crippen molar-refractivity contribution in [3.05, 3.63) is 36.5 Å². The van der Waals surface area contributed by atoms with E-state index in [0.717, 1.165) is 45.6 Å². The van der Waals surface area contributed by atoms with E-state index >= 15 is 0 Å². The third kappa shape index (κ3) is 3.99. The van der Waals surface area contributed by atoms with Crippen LogP contribution in [0.25, 0.3) is 17.2 Å². The zero-order chi connectivity index (χ0) is 22.1. The zero-order valence-electron chi connectivity index (χ0n) is 17.5. The van der Waals surface area contributed by atoms with E-state index in [9.17, 15) is 13.6 Å². The Morgan fingerprint density at radius 3 is 2.78 bits per heavy atom. The van der Waals surface area contributed by atoms with Gasteiger partial charge in [-0.2, -0.15) is 0 Å². The van der Waals surface area contributed by atoms with Gasteiger partial charge in [0, 0.05) is 51.7 Å². The fourth-order valence-electron chi connectivity index (χ4n) is 4.36. The molecule has 3 aromatic heterocycles. The van der Waals surface area contributed by atoms with Crippen molar-refractivity contribution in [3.8, 4) is 11.5 Å². The summed E-state index contributed by atoms with van der Waals surface area (Å²) >= 11 is 0. The first-order valence-corrected chi connectivity index (χ1v) is 10.8. The molecule has 5 rings (SSSR count). The van der Waals surface area contributed by atoms with Crippen LogP contribution in [0.15, 0.2) is 30.9 Å². The van der Waals surface area contributed by atoms with Crippen LogP contribution in [0.5, 0.6) is 0 Å². The van der Waals surface area contributed by atoms with Gasteiger partial charge in [-0.05, 0) is 18.9 Å². The van der Waals surface area contributed by atoms with Crippen LogP contribution in [0, 0.1) is 5.92 Å². The maximum absolute atomic E-state index is 13.1. The maximum atomic E-state index is 13.1. The van der Waals surface area contributed by atoms with Crippen LogP contribution in [0.4, 0.5) is 14.6 Å². The Kier molecular flexibility index (Phi) is 5.64. The smallest absolute Gasteiger partial charge is 0.281 e. The highest BCUT2D eigenvalue weighted by Gasteiger charge is 2.30. The van der Waals surface area contributed by atoms with Gasteiger partial charge in [0.1, 0.15) is 17.2 Å². The van der Waals surface area contributed by atoms with Gasteiger partial charge >= 0.3 is 0 Å². The number of piperidine rings is 1. The number of halogens is 2. The Labute approximate surface area is 183 Å². The molecule has 0 aromatic carbocycles. The van der Waals surface area contributed by atoms with Crippen molar-refractivity contribution >= 4 is 17.4 Å². The van der Waals surface area contributed by atoms with Gasteiger partial charge in [0.15, 0.2) is 11.5 Å². The third-order valence-electron chi connectivity index (χ3n) is 6.03. The van der Waals surface area contributed by atoms with Gasteiger partial charge in [-0.25, -0.2) is 28.7 Å². The Morgan fingerprint density at radius 2 is 1.97 bits per heavy atom. The molecular formula is C21H24F2N8O. The van der Waals surface area contributed by atoms with Crippen LogP contribution < -0.4 is 10.2 Å². The monoisotopic (exact) mass is 442 g/mol. The summed E-state index contributed by atoms with van der Waals surface area (Å²) in [6.45, 7) is 4.56. The number of hydrogen-bond acceptors (Lipinski definition) is 7. The highest BCUT2D eigenvalue weighted by Crippen LogP contribution is 2.26. The molecule has 5 heterocycles. The van der Waals surface area contributed by atoms with E-state index in [1.807, 2.05) is 11.0 Å². The molecule has 9 nitrogen and oxygen atoms in total. The Balaban J connectivity index is 1.39. The quantitative estimate of drug-likeness (QED) is 0.659. The van der Waals surface area contributed by atoms with Crippen molar-refractivity contribution in [2.75, 3.05) is 44.2 Å². The normalized spacial score (nSPS) is 19.7. The number of anilines is 1. The summed E-state index contributed by atoms with van der Waals surface area (Å²) in [5.41, 5.74) is 0.618. The van der Waals surface area contributed by atoms with Crippen molar-refractivity contribution in [2.24, 2.45) is 5.92 Å². The van der Waals surface area contributed by atoms with Gasteiger partial charge in [0.05, 0.1) is 18.3 Å². The average molecular weight is 442 g/mol. The Hall–Kier alpha value is -3.21. The molecule has 1 atom stereocenters. The SMILES string of the molecule is O=C(C1CCCN(c2ccnc(-c3cnc4cnc(C(F)F)cn34)n2)C1)N1CCNCC1. The fraction of sp³-hybridized carbons (Fsp3) is 0.476. The molecule has 0 aliphatic carbocycles. The van der Waals surface area contributed by atoms with Gasteiger partial charge < -0.3 is 15.1 Å². The third-order valence-corrected chi connectivity index (χ3v) is 6.03. The van der Waals surface area contributed by atoms with E-state index < -0.39 is 6.43 Å². The minimum atomic E-state index is -2.68. The molecule has 1 amide bonds. The molecule has 168 valence electrons. The molecule has 1 N–H and O–H groups in total. The molecule has 2 fully saturated rings. The number of carbonyl (C=O) groups is 1. The van der Waals surface area contributed by atoms with Gasteiger partial charge in [-0.1, -0.05) is 0 Å². The number of hydrogen-bond donors (Lipinski definition) is 1. The predicted octanol–water partition coefficient (Wildman–Crippen LogP) is 1.77. The van der Waals surface area contributed by atoms with Crippen molar-refractivity contribution in [1.29, 1.82) is 0 Å². The van der Waals surface area contributed by atoms with Crippen molar-refractivity contribution in [3.63, 3.8) is 0 Å². The second kappa shape index (κ2) is 8.73. The number of piperazine rings is 1. The van der Waals surface area contributed by atoms with Crippen LogP contribution in [-0.4, -0.2) is 74.4 Å². The second-order valence-electron chi connectivity index (χ2n) is 8.08. The number of imidazole rings is 1. The molecule has 0 bridgehead atoms. The maximum Gasteiger partial charge on any atom is 0.281 e. The minimum absolute atomic E-state index is 0.0595. The van der Waals surface area contributed by atoms with Gasteiger partial charge in [0.25, 0.3) is 6.43 Å². The number of nitrogens with zero attached hydrogens (tertiary/aromatic N) is 7. The summed E-state index contributed by atoms with van der Waals surface area (Å²) in [5, 5.41) is 3.28. The molecular weight excluding hydrogens is 418 g/mol. The largest absolute Gasteiger partial charge is 0.356 e. The first-order valence-electron chi connectivity index (χ1n) is 10.8. The van der Waals surface area contributed by atoms with E-state index in [-0.39, 0.29) is 17.5 Å². The predicted molar refractivity (Wildman–Crippen MR) is 113 cm³/mol. The fourth-order valence-corrected chi connectivity index (χ4v) is 4.36. The van der Waals surface area contributed by atoms with E-state index in [1.165, 1.54) is 16.8 Å². The summed E-state index contributed by atoms with van der Waals surface area (Å²) in [5.74, 6) is 1.25. The van der Waals surface area contributed by atoms with E-state index in [4.69, 9.17) is 0 Å². The van der Waals surface area contributed by atoms with Crippen LogP contribution in [-0.2, 0) is 4.79 Å². The Bertz CT molecular complexity index is 1110. The topological polar surface area (TPSA) is 91.5 Å². The number of rotatable bonds is 4. The summed E-state index contributed by atoms with van der Waals surface area (Å²) in [7, 11) is 0.